The lowest BCUT2D eigenvalue weighted by molar-refractivity contribution is 0.172. The number of rotatable bonds is 7. The van der Waals surface area contributed by atoms with Crippen molar-refractivity contribution in [2.75, 3.05) is 13.2 Å². The van der Waals surface area contributed by atoms with Crippen LogP contribution in [0.5, 0.6) is 0 Å². The third-order valence-corrected chi connectivity index (χ3v) is 3.26. The monoisotopic (exact) mass is 210 g/mol. The highest BCUT2D eigenvalue weighted by Crippen LogP contribution is 2.31. The summed E-state index contributed by atoms with van der Waals surface area (Å²) < 4.78 is 0. The number of nitrogens with two attached hydrogens (primary N) is 1. The van der Waals surface area contributed by atoms with Gasteiger partial charge in [0.15, 0.2) is 0 Å². The maximum atomic E-state index is 9.60. The van der Waals surface area contributed by atoms with Crippen LogP contribution in [-0.4, -0.2) is 23.2 Å². The molecule has 86 valence electrons. The largest absolute Gasteiger partial charge is 0.395 e. The molecule has 0 saturated carbocycles. The van der Waals surface area contributed by atoms with E-state index in [1.807, 2.05) is 12.3 Å². The van der Waals surface area contributed by atoms with Crippen LogP contribution in [0.3, 0.4) is 0 Å². The highest BCUT2D eigenvalue weighted by Gasteiger charge is 2.29. The van der Waals surface area contributed by atoms with Crippen LogP contribution in [0, 0.1) is 0 Å². The van der Waals surface area contributed by atoms with E-state index >= 15 is 0 Å². The van der Waals surface area contributed by atoms with E-state index in [1.165, 1.54) is 0 Å². The van der Waals surface area contributed by atoms with Crippen molar-refractivity contribution in [1.29, 1.82) is 0 Å². The summed E-state index contributed by atoms with van der Waals surface area (Å²) in [4.78, 5) is 3.22. The highest BCUT2D eigenvalue weighted by molar-refractivity contribution is 5.17. The summed E-state index contributed by atoms with van der Waals surface area (Å²) >= 11 is 0. The fraction of sp³-hybridized carbons (Fsp3) is 0.667. The van der Waals surface area contributed by atoms with Crippen molar-refractivity contribution in [3.8, 4) is 0 Å². The van der Waals surface area contributed by atoms with Gasteiger partial charge in [0.1, 0.15) is 0 Å². The Kier molecular flexibility index (Phi) is 4.85. The van der Waals surface area contributed by atoms with E-state index in [-0.39, 0.29) is 12.0 Å². The van der Waals surface area contributed by atoms with E-state index in [4.69, 9.17) is 5.73 Å². The maximum absolute atomic E-state index is 9.60. The Morgan fingerprint density at radius 3 is 2.73 bits per heavy atom. The Morgan fingerprint density at radius 2 is 2.27 bits per heavy atom. The van der Waals surface area contributed by atoms with Gasteiger partial charge in [0, 0.05) is 17.3 Å². The second-order valence-electron chi connectivity index (χ2n) is 4.12. The van der Waals surface area contributed by atoms with Gasteiger partial charge in [-0.2, -0.15) is 0 Å². The Morgan fingerprint density at radius 1 is 1.47 bits per heavy atom. The lowest BCUT2D eigenvalue weighted by atomic mass is 9.78. The number of unbranched alkanes of at least 4 members (excludes halogenated alkanes) is 1. The van der Waals surface area contributed by atoms with Crippen molar-refractivity contribution in [3.05, 3.63) is 24.0 Å². The van der Waals surface area contributed by atoms with E-state index in [0.29, 0.717) is 0 Å². The lowest BCUT2D eigenvalue weighted by Crippen LogP contribution is -2.30. The first-order valence-electron chi connectivity index (χ1n) is 5.74. The first kappa shape index (κ1) is 12.3. The molecule has 0 fully saturated rings. The summed E-state index contributed by atoms with van der Waals surface area (Å²) in [5, 5.41) is 9.60. The van der Waals surface area contributed by atoms with Crippen LogP contribution in [0.2, 0.25) is 0 Å². The quantitative estimate of drug-likeness (QED) is 0.601. The predicted octanol–water partition coefficient (Wildman–Crippen LogP) is 1.78. The molecule has 1 rings (SSSR count). The molecule has 1 aromatic rings. The van der Waals surface area contributed by atoms with E-state index in [1.54, 1.807) is 0 Å². The zero-order valence-electron chi connectivity index (χ0n) is 9.50. The zero-order valence-corrected chi connectivity index (χ0v) is 9.50. The summed E-state index contributed by atoms with van der Waals surface area (Å²) in [7, 11) is 0. The molecule has 0 radical (unpaired) electrons. The molecule has 1 heterocycles. The highest BCUT2D eigenvalue weighted by atomic mass is 16.3. The summed E-state index contributed by atoms with van der Waals surface area (Å²) in [6.07, 6.45) is 5.97. The molecule has 4 N–H and O–H groups in total. The van der Waals surface area contributed by atoms with Crippen LogP contribution in [0.4, 0.5) is 0 Å². The van der Waals surface area contributed by atoms with Gasteiger partial charge >= 0.3 is 0 Å². The minimum Gasteiger partial charge on any atom is -0.395 e. The molecule has 0 bridgehead atoms. The summed E-state index contributed by atoms with van der Waals surface area (Å²) in [6, 6.07) is 4.04. The van der Waals surface area contributed by atoms with E-state index in [9.17, 15) is 5.11 Å². The second kappa shape index (κ2) is 5.93. The maximum Gasteiger partial charge on any atom is 0.0542 e. The lowest BCUT2D eigenvalue weighted by Gasteiger charge is -2.30. The molecule has 1 unspecified atom stereocenters. The van der Waals surface area contributed by atoms with Crippen LogP contribution >= 0.6 is 0 Å². The average molecular weight is 210 g/mol. The SMILES string of the molecule is CCC(CO)(CCCCN)c1ccc[nH]1. The third kappa shape index (κ3) is 2.83. The number of hydrogen-bond acceptors (Lipinski definition) is 2. The number of H-pyrrole nitrogens is 1. The van der Waals surface area contributed by atoms with Gasteiger partial charge < -0.3 is 15.8 Å². The fourth-order valence-electron chi connectivity index (χ4n) is 2.05. The number of aromatic amines is 1. The molecule has 15 heavy (non-hydrogen) atoms. The molecule has 0 aliphatic heterocycles. The minimum atomic E-state index is -0.0985. The van der Waals surface area contributed by atoms with Gasteiger partial charge in [0.25, 0.3) is 0 Å². The van der Waals surface area contributed by atoms with Crippen molar-refractivity contribution < 1.29 is 5.11 Å². The van der Waals surface area contributed by atoms with Gasteiger partial charge in [-0.25, -0.2) is 0 Å². The molecule has 1 aromatic heterocycles. The zero-order chi connectivity index (χ0) is 11.1. The van der Waals surface area contributed by atoms with Gasteiger partial charge in [-0.1, -0.05) is 13.3 Å². The number of aromatic nitrogens is 1. The molecule has 1 atom stereocenters. The van der Waals surface area contributed by atoms with Crippen LogP contribution in [-0.2, 0) is 5.41 Å². The second-order valence-corrected chi connectivity index (χ2v) is 4.12. The van der Waals surface area contributed by atoms with Crippen LogP contribution in [0.25, 0.3) is 0 Å². The number of aliphatic hydroxyl groups excluding tert-OH is 1. The van der Waals surface area contributed by atoms with Crippen LogP contribution < -0.4 is 5.73 Å². The molecule has 0 aliphatic carbocycles. The Hall–Kier alpha value is -0.800. The number of hydrogen-bond donors (Lipinski definition) is 3. The van der Waals surface area contributed by atoms with Crippen LogP contribution in [0.15, 0.2) is 18.3 Å². The van der Waals surface area contributed by atoms with Gasteiger partial charge in [0.05, 0.1) is 6.61 Å². The first-order valence-corrected chi connectivity index (χ1v) is 5.74. The Labute approximate surface area is 91.7 Å². The van der Waals surface area contributed by atoms with Crippen molar-refractivity contribution in [3.63, 3.8) is 0 Å². The molecular formula is C12H22N2O. The number of nitrogens with one attached hydrogen (secondary N) is 1. The molecule has 3 heteroatoms. The van der Waals surface area contributed by atoms with Gasteiger partial charge in [-0.15, -0.1) is 0 Å². The standard InChI is InChI=1S/C12H22N2O/c1-2-12(10-15,7-3-4-8-13)11-6-5-9-14-11/h5-6,9,14-15H,2-4,7-8,10,13H2,1H3. The van der Waals surface area contributed by atoms with Crippen molar-refractivity contribution in [2.24, 2.45) is 5.73 Å². The van der Waals surface area contributed by atoms with Crippen molar-refractivity contribution in [2.45, 2.75) is 38.0 Å². The molecule has 0 aromatic carbocycles. The van der Waals surface area contributed by atoms with Gasteiger partial charge in [-0.05, 0) is 37.9 Å². The molecule has 0 amide bonds. The molecule has 0 saturated heterocycles. The molecule has 3 nitrogen and oxygen atoms in total. The fourth-order valence-corrected chi connectivity index (χ4v) is 2.05. The smallest absolute Gasteiger partial charge is 0.0542 e. The summed E-state index contributed by atoms with van der Waals surface area (Å²) in [5.74, 6) is 0. The normalized spacial score (nSPS) is 15.1. The third-order valence-electron chi connectivity index (χ3n) is 3.26. The molecule has 0 aliphatic rings. The Bertz CT molecular complexity index is 253. The number of aliphatic hydroxyl groups is 1. The predicted molar refractivity (Wildman–Crippen MR) is 62.8 cm³/mol. The van der Waals surface area contributed by atoms with Crippen LogP contribution in [0.1, 0.15) is 38.3 Å². The van der Waals surface area contributed by atoms with E-state index in [2.05, 4.69) is 18.0 Å². The topological polar surface area (TPSA) is 62.0 Å². The van der Waals surface area contributed by atoms with Gasteiger partial charge in [-0.3, -0.25) is 0 Å². The average Bonchev–Trinajstić information content (AvgIpc) is 2.79. The summed E-state index contributed by atoms with van der Waals surface area (Å²) in [5.41, 5.74) is 6.53. The van der Waals surface area contributed by atoms with Gasteiger partial charge in [0.2, 0.25) is 0 Å². The van der Waals surface area contributed by atoms with E-state index in [0.717, 1.165) is 37.9 Å². The molecular weight excluding hydrogens is 188 g/mol. The molecule has 0 spiro atoms. The minimum absolute atomic E-state index is 0.0985. The van der Waals surface area contributed by atoms with E-state index < -0.39 is 0 Å². The van der Waals surface area contributed by atoms with Crippen molar-refractivity contribution >= 4 is 0 Å². The first-order chi connectivity index (χ1) is 7.29. The summed E-state index contributed by atoms with van der Waals surface area (Å²) in [6.45, 7) is 3.06. The Balaban J connectivity index is 2.69. The van der Waals surface area contributed by atoms with Crippen molar-refractivity contribution in [1.82, 2.24) is 4.98 Å².